The van der Waals surface area contributed by atoms with Crippen molar-refractivity contribution in [2.75, 3.05) is 5.32 Å². The summed E-state index contributed by atoms with van der Waals surface area (Å²) in [7, 11) is 0. The minimum atomic E-state index is -0.494. The molecule has 0 fully saturated rings. The molecule has 0 saturated carbocycles. The Morgan fingerprint density at radius 3 is 2.77 bits per heavy atom. The zero-order chi connectivity index (χ0) is 15.8. The number of rotatable bonds is 5. The van der Waals surface area contributed by atoms with E-state index in [9.17, 15) is 4.79 Å². The van der Waals surface area contributed by atoms with E-state index in [4.69, 9.17) is 16.9 Å². The van der Waals surface area contributed by atoms with Crippen molar-refractivity contribution < 1.29 is 4.79 Å². The molecule has 1 heterocycles. The normalized spacial score (nSPS) is 10.6. The molecular weight excluding hydrogens is 300 g/mol. The Morgan fingerprint density at radius 1 is 1.32 bits per heavy atom. The first-order valence-electron chi connectivity index (χ1n) is 6.48. The second-order valence-electron chi connectivity index (χ2n) is 4.37. The zero-order valence-electron chi connectivity index (χ0n) is 11.6. The van der Waals surface area contributed by atoms with Crippen LogP contribution in [0.1, 0.15) is 5.56 Å². The van der Waals surface area contributed by atoms with E-state index in [1.54, 1.807) is 36.7 Å². The van der Waals surface area contributed by atoms with E-state index in [1.165, 1.54) is 6.20 Å². The first-order valence-corrected chi connectivity index (χ1v) is 6.86. The molecule has 0 spiro atoms. The third kappa shape index (κ3) is 4.62. The molecule has 2 N–H and O–H groups in total. The smallest absolute Gasteiger partial charge is 0.267 e. The van der Waals surface area contributed by atoms with Gasteiger partial charge in [0.2, 0.25) is 0 Å². The lowest BCUT2D eigenvalue weighted by atomic mass is 10.2. The number of nitriles is 1. The average molecular weight is 313 g/mol. The highest BCUT2D eigenvalue weighted by Gasteiger charge is 2.09. The van der Waals surface area contributed by atoms with Crippen LogP contribution in [0.3, 0.4) is 0 Å². The van der Waals surface area contributed by atoms with Crippen molar-refractivity contribution in [1.29, 1.82) is 5.26 Å². The number of halogens is 1. The molecule has 1 aromatic heterocycles. The lowest BCUT2D eigenvalue weighted by molar-refractivity contribution is -0.112. The molecule has 2 aromatic rings. The molecule has 6 heteroatoms. The average Bonchev–Trinajstić information content (AvgIpc) is 2.52. The monoisotopic (exact) mass is 312 g/mol. The number of aromatic nitrogens is 1. The van der Waals surface area contributed by atoms with Gasteiger partial charge in [-0.25, -0.2) is 0 Å². The van der Waals surface area contributed by atoms with Gasteiger partial charge in [-0.2, -0.15) is 5.26 Å². The fraction of sp³-hybridized carbons (Fsp3) is 0.0625. The first-order chi connectivity index (χ1) is 10.7. The van der Waals surface area contributed by atoms with Crippen LogP contribution in [-0.2, 0) is 11.3 Å². The van der Waals surface area contributed by atoms with Gasteiger partial charge in [0.1, 0.15) is 11.6 Å². The fourth-order valence-electron chi connectivity index (χ4n) is 1.68. The van der Waals surface area contributed by atoms with Crippen LogP contribution in [0.4, 0.5) is 5.69 Å². The van der Waals surface area contributed by atoms with Crippen molar-refractivity contribution in [2.45, 2.75) is 6.54 Å². The summed E-state index contributed by atoms with van der Waals surface area (Å²) in [6.45, 7) is 0.498. The Bertz CT molecular complexity index is 722. The number of carbonyl (C=O) groups excluding carboxylic acids is 1. The van der Waals surface area contributed by atoms with E-state index in [2.05, 4.69) is 15.6 Å². The van der Waals surface area contributed by atoms with Gasteiger partial charge in [-0.15, -0.1) is 0 Å². The van der Waals surface area contributed by atoms with Crippen LogP contribution < -0.4 is 10.6 Å². The van der Waals surface area contributed by atoms with Crippen molar-refractivity contribution in [3.63, 3.8) is 0 Å². The molecule has 0 saturated heterocycles. The van der Waals surface area contributed by atoms with Gasteiger partial charge in [-0.05, 0) is 35.9 Å². The molecule has 0 aliphatic carbocycles. The molecule has 0 aliphatic heterocycles. The highest BCUT2D eigenvalue weighted by Crippen LogP contribution is 2.15. The third-order valence-electron chi connectivity index (χ3n) is 2.75. The van der Waals surface area contributed by atoms with Crippen LogP contribution in [0.15, 0.2) is 60.6 Å². The summed E-state index contributed by atoms with van der Waals surface area (Å²) in [5.41, 5.74) is 1.51. The van der Waals surface area contributed by atoms with E-state index < -0.39 is 5.91 Å². The van der Waals surface area contributed by atoms with Crippen molar-refractivity contribution in [2.24, 2.45) is 0 Å². The molecular formula is C16H13ClN4O. The first kappa shape index (κ1) is 15.5. The van der Waals surface area contributed by atoms with Crippen LogP contribution >= 0.6 is 11.6 Å². The van der Waals surface area contributed by atoms with E-state index >= 15 is 0 Å². The largest absolute Gasteiger partial charge is 0.386 e. The van der Waals surface area contributed by atoms with E-state index in [-0.39, 0.29) is 5.57 Å². The molecule has 0 bridgehead atoms. The third-order valence-corrected chi connectivity index (χ3v) is 2.98. The Balaban J connectivity index is 1.97. The number of hydrogen-bond donors (Lipinski definition) is 2. The predicted molar refractivity (Wildman–Crippen MR) is 84.9 cm³/mol. The summed E-state index contributed by atoms with van der Waals surface area (Å²) in [4.78, 5) is 15.9. The topological polar surface area (TPSA) is 77.8 Å². The Morgan fingerprint density at radius 2 is 2.09 bits per heavy atom. The second kappa shape index (κ2) is 7.81. The quantitative estimate of drug-likeness (QED) is 0.657. The van der Waals surface area contributed by atoms with E-state index in [1.807, 2.05) is 18.2 Å². The number of pyridine rings is 1. The number of hydrogen-bond acceptors (Lipinski definition) is 4. The lowest BCUT2D eigenvalue weighted by Crippen LogP contribution is -2.16. The maximum absolute atomic E-state index is 12.0. The van der Waals surface area contributed by atoms with Crippen molar-refractivity contribution in [3.8, 4) is 6.07 Å². The molecule has 0 atom stereocenters. The maximum atomic E-state index is 12.0. The molecule has 22 heavy (non-hydrogen) atoms. The highest BCUT2D eigenvalue weighted by atomic mass is 35.5. The number of nitrogens with one attached hydrogen (secondary N) is 2. The molecule has 1 aromatic carbocycles. The number of nitrogens with zero attached hydrogens (tertiary/aromatic N) is 2. The second-order valence-corrected chi connectivity index (χ2v) is 4.81. The number of benzene rings is 1. The van der Waals surface area contributed by atoms with Crippen LogP contribution in [-0.4, -0.2) is 10.9 Å². The molecule has 110 valence electrons. The van der Waals surface area contributed by atoms with Gasteiger partial charge in [0.15, 0.2) is 0 Å². The summed E-state index contributed by atoms with van der Waals surface area (Å²) in [6.07, 6.45) is 4.75. The van der Waals surface area contributed by atoms with Gasteiger partial charge in [0.25, 0.3) is 5.91 Å². The van der Waals surface area contributed by atoms with Gasteiger partial charge >= 0.3 is 0 Å². The van der Waals surface area contributed by atoms with Crippen LogP contribution in [0.2, 0.25) is 5.02 Å². The molecule has 0 unspecified atom stereocenters. The fourth-order valence-corrected chi connectivity index (χ4v) is 1.88. The van der Waals surface area contributed by atoms with Gasteiger partial charge in [0.05, 0.1) is 0 Å². The number of carbonyl (C=O) groups is 1. The van der Waals surface area contributed by atoms with Crippen molar-refractivity contribution in [1.82, 2.24) is 10.3 Å². The Kier molecular flexibility index (Phi) is 5.52. The zero-order valence-corrected chi connectivity index (χ0v) is 12.3. The minimum absolute atomic E-state index is 0.0194. The standard InChI is InChI=1S/C16H13ClN4O/c17-14-2-1-3-15(8-14)21-16(22)13(9-18)11-20-10-12-4-6-19-7-5-12/h1-8,11,20H,10H2,(H,21,22)/b13-11-. The Labute approximate surface area is 133 Å². The van der Waals surface area contributed by atoms with E-state index in [0.717, 1.165) is 5.56 Å². The van der Waals surface area contributed by atoms with Crippen LogP contribution in [0, 0.1) is 11.3 Å². The lowest BCUT2D eigenvalue weighted by Gasteiger charge is -2.05. The Hall–Kier alpha value is -2.84. The highest BCUT2D eigenvalue weighted by molar-refractivity contribution is 6.31. The van der Waals surface area contributed by atoms with Gasteiger partial charge in [-0.1, -0.05) is 17.7 Å². The summed E-state index contributed by atoms with van der Waals surface area (Å²) in [5.74, 6) is -0.494. The van der Waals surface area contributed by atoms with Gasteiger partial charge in [0, 0.05) is 35.8 Å². The van der Waals surface area contributed by atoms with E-state index in [0.29, 0.717) is 17.3 Å². The van der Waals surface area contributed by atoms with Gasteiger partial charge in [-0.3, -0.25) is 9.78 Å². The van der Waals surface area contributed by atoms with Crippen LogP contribution in [0.25, 0.3) is 0 Å². The summed E-state index contributed by atoms with van der Waals surface area (Å²) in [6, 6.07) is 12.3. The number of amides is 1. The maximum Gasteiger partial charge on any atom is 0.267 e. The SMILES string of the molecule is N#C/C(=C/NCc1ccncc1)C(=O)Nc1cccc(Cl)c1. The van der Waals surface area contributed by atoms with Crippen molar-refractivity contribution in [3.05, 3.63) is 71.2 Å². The van der Waals surface area contributed by atoms with Gasteiger partial charge < -0.3 is 10.6 Å². The molecule has 5 nitrogen and oxygen atoms in total. The summed E-state index contributed by atoms with van der Waals surface area (Å²) >= 11 is 5.84. The number of anilines is 1. The molecule has 1 amide bonds. The predicted octanol–water partition coefficient (Wildman–Crippen LogP) is 2.87. The molecule has 2 rings (SSSR count). The van der Waals surface area contributed by atoms with Crippen molar-refractivity contribution >= 4 is 23.2 Å². The summed E-state index contributed by atoms with van der Waals surface area (Å²) < 4.78 is 0. The molecule has 0 radical (unpaired) electrons. The minimum Gasteiger partial charge on any atom is -0.386 e. The van der Waals surface area contributed by atoms with Crippen LogP contribution in [0.5, 0.6) is 0 Å². The summed E-state index contributed by atoms with van der Waals surface area (Å²) in [5, 5.41) is 15.1. The molecule has 0 aliphatic rings.